The Labute approximate surface area is 118 Å². The Hall–Kier alpha value is -1.20. The number of nitrogens with one attached hydrogen (secondary N) is 1. The predicted octanol–water partition coefficient (Wildman–Crippen LogP) is 5.34. The van der Waals surface area contributed by atoms with Crippen LogP contribution in [0.4, 0.5) is 18.9 Å². The van der Waals surface area contributed by atoms with Crippen molar-refractivity contribution in [1.29, 1.82) is 0 Å². The second kappa shape index (κ2) is 5.43. The highest BCUT2D eigenvalue weighted by molar-refractivity contribution is 7.10. The summed E-state index contributed by atoms with van der Waals surface area (Å²) in [5.74, 6) is 0. The summed E-state index contributed by atoms with van der Waals surface area (Å²) >= 11 is 7.36. The first-order valence-corrected chi connectivity index (χ1v) is 6.78. The number of alkyl halides is 3. The first-order valence-electron chi connectivity index (χ1n) is 5.52. The summed E-state index contributed by atoms with van der Waals surface area (Å²) in [5, 5.41) is 4.77. The van der Waals surface area contributed by atoms with E-state index in [4.69, 9.17) is 11.6 Å². The lowest BCUT2D eigenvalue weighted by atomic mass is 10.1. The number of para-hydroxylation sites is 1. The smallest absolute Gasteiger partial charge is 0.378 e. The lowest BCUT2D eigenvalue weighted by Gasteiger charge is -2.15. The van der Waals surface area contributed by atoms with Gasteiger partial charge in [-0.05, 0) is 36.1 Å². The molecule has 1 aromatic carbocycles. The molecule has 0 spiro atoms. The van der Waals surface area contributed by atoms with Gasteiger partial charge < -0.3 is 5.32 Å². The van der Waals surface area contributed by atoms with Gasteiger partial charge in [-0.1, -0.05) is 17.7 Å². The van der Waals surface area contributed by atoms with Crippen LogP contribution in [0.5, 0.6) is 0 Å². The molecule has 0 radical (unpaired) electrons. The van der Waals surface area contributed by atoms with Crippen LogP contribution in [0.2, 0.25) is 5.02 Å². The van der Waals surface area contributed by atoms with E-state index in [1.165, 1.54) is 23.5 Å². The Bertz CT molecular complexity index is 578. The number of anilines is 1. The average molecular weight is 306 g/mol. The molecule has 0 aliphatic rings. The Morgan fingerprint density at radius 1 is 1.26 bits per heavy atom. The maximum atomic E-state index is 12.9. The summed E-state index contributed by atoms with van der Waals surface area (Å²) in [5.41, 5.74) is 0.247. The number of benzene rings is 1. The molecule has 1 aromatic heterocycles. The fraction of sp³-hybridized carbons (Fsp3) is 0.231. The minimum Gasteiger partial charge on any atom is -0.378 e. The normalized spacial score (nSPS) is 11.6. The van der Waals surface area contributed by atoms with E-state index in [2.05, 4.69) is 5.32 Å². The molecule has 19 heavy (non-hydrogen) atoms. The van der Waals surface area contributed by atoms with E-state index in [1.54, 1.807) is 0 Å². The van der Waals surface area contributed by atoms with E-state index in [1.807, 2.05) is 18.4 Å². The van der Waals surface area contributed by atoms with Gasteiger partial charge in [-0.3, -0.25) is 0 Å². The highest BCUT2D eigenvalue weighted by Gasteiger charge is 2.34. The molecule has 6 heteroatoms. The molecule has 2 rings (SSSR count). The lowest BCUT2D eigenvalue weighted by molar-refractivity contribution is -0.136. The van der Waals surface area contributed by atoms with Gasteiger partial charge in [0.05, 0.1) is 16.3 Å². The Morgan fingerprint density at radius 2 is 2.00 bits per heavy atom. The van der Waals surface area contributed by atoms with Crippen molar-refractivity contribution >= 4 is 28.6 Å². The monoisotopic (exact) mass is 305 g/mol. The first kappa shape index (κ1) is 14.2. The zero-order chi connectivity index (χ0) is 14.0. The third-order valence-electron chi connectivity index (χ3n) is 2.71. The van der Waals surface area contributed by atoms with Crippen molar-refractivity contribution in [2.45, 2.75) is 19.6 Å². The highest BCUT2D eigenvalue weighted by atomic mass is 35.5. The van der Waals surface area contributed by atoms with Gasteiger partial charge in [0.15, 0.2) is 0 Å². The summed E-state index contributed by atoms with van der Waals surface area (Å²) in [6.07, 6.45) is -4.42. The first-order chi connectivity index (χ1) is 8.89. The molecule has 0 aliphatic heterocycles. The predicted molar refractivity (Wildman–Crippen MR) is 72.8 cm³/mol. The van der Waals surface area contributed by atoms with Crippen LogP contribution >= 0.6 is 22.9 Å². The minimum absolute atomic E-state index is 0.0653. The number of aryl methyl sites for hydroxylation is 1. The summed E-state index contributed by atoms with van der Waals surface area (Å²) in [6.45, 7) is 2.25. The fourth-order valence-electron chi connectivity index (χ4n) is 1.69. The molecule has 102 valence electrons. The van der Waals surface area contributed by atoms with E-state index in [0.29, 0.717) is 6.54 Å². The molecule has 0 aliphatic carbocycles. The van der Waals surface area contributed by atoms with Crippen LogP contribution in [0.3, 0.4) is 0 Å². The van der Waals surface area contributed by atoms with Crippen molar-refractivity contribution in [3.63, 3.8) is 0 Å². The molecule has 0 atom stereocenters. The summed E-state index contributed by atoms with van der Waals surface area (Å²) < 4.78 is 38.6. The minimum atomic E-state index is -4.42. The van der Waals surface area contributed by atoms with E-state index in [0.717, 1.165) is 16.5 Å². The lowest BCUT2D eigenvalue weighted by Crippen LogP contribution is -2.11. The molecule has 0 saturated carbocycles. The number of hydrogen-bond acceptors (Lipinski definition) is 2. The van der Waals surface area contributed by atoms with Gasteiger partial charge in [0.2, 0.25) is 0 Å². The maximum absolute atomic E-state index is 12.9. The van der Waals surface area contributed by atoms with Crippen LogP contribution in [0.15, 0.2) is 29.6 Å². The van der Waals surface area contributed by atoms with Crippen molar-refractivity contribution in [2.24, 2.45) is 0 Å². The molecule has 0 fully saturated rings. The quantitative estimate of drug-likeness (QED) is 0.807. The van der Waals surface area contributed by atoms with Gasteiger partial charge in [-0.15, -0.1) is 11.3 Å². The molecular formula is C13H11ClF3NS. The van der Waals surface area contributed by atoms with Crippen LogP contribution in [0.1, 0.15) is 16.0 Å². The SMILES string of the molecule is Cc1ccsc1CNc1c(Cl)cccc1C(F)(F)F. The van der Waals surface area contributed by atoms with Crippen LogP contribution in [0, 0.1) is 6.92 Å². The van der Waals surface area contributed by atoms with Gasteiger partial charge in [-0.2, -0.15) is 13.2 Å². The van der Waals surface area contributed by atoms with Crippen LogP contribution < -0.4 is 5.32 Å². The molecule has 0 bridgehead atoms. The van der Waals surface area contributed by atoms with Crippen molar-refractivity contribution in [3.05, 3.63) is 50.7 Å². The standard InChI is InChI=1S/C13H11ClF3NS/c1-8-5-6-19-11(8)7-18-12-9(13(15,16)17)3-2-4-10(12)14/h2-6,18H,7H2,1H3. The second-order valence-electron chi connectivity index (χ2n) is 4.04. The number of hydrogen-bond donors (Lipinski definition) is 1. The van der Waals surface area contributed by atoms with E-state index in [-0.39, 0.29) is 10.7 Å². The van der Waals surface area contributed by atoms with Crippen molar-refractivity contribution in [1.82, 2.24) is 0 Å². The van der Waals surface area contributed by atoms with E-state index < -0.39 is 11.7 Å². The molecule has 0 unspecified atom stereocenters. The maximum Gasteiger partial charge on any atom is 0.418 e. The second-order valence-corrected chi connectivity index (χ2v) is 5.45. The largest absolute Gasteiger partial charge is 0.418 e. The number of halogens is 4. The van der Waals surface area contributed by atoms with Crippen LogP contribution in [0.25, 0.3) is 0 Å². The van der Waals surface area contributed by atoms with Crippen molar-refractivity contribution in [3.8, 4) is 0 Å². The Morgan fingerprint density at radius 3 is 2.58 bits per heavy atom. The van der Waals surface area contributed by atoms with Gasteiger partial charge in [-0.25, -0.2) is 0 Å². The summed E-state index contributed by atoms with van der Waals surface area (Å²) in [6, 6.07) is 5.70. The Kier molecular flexibility index (Phi) is 4.06. The van der Waals surface area contributed by atoms with Crippen LogP contribution in [-0.2, 0) is 12.7 Å². The number of rotatable bonds is 3. The zero-order valence-corrected chi connectivity index (χ0v) is 11.6. The summed E-state index contributed by atoms with van der Waals surface area (Å²) in [4.78, 5) is 0.994. The molecule has 0 saturated heterocycles. The highest BCUT2D eigenvalue weighted by Crippen LogP contribution is 2.38. The third-order valence-corrected chi connectivity index (χ3v) is 4.05. The van der Waals surface area contributed by atoms with E-state index >= 15 is 0 Å². The molecule has 1 N–H and O–H groups in total. The fourth-order valence-corrected chi connectivity index (χ4v) is 2.78. The van der Waals surface area contributed by atoms with Gasteiger partial charge in [0, 0.05) is 11.4 Å². The van der Waals surface area contributed by atoms with Gasteiger partial charge >= 0.3 is 6.18 Å². The van der Waals surface area contributed by atoms with Gasteiger partial charge in [0.1, 0.15) is 0 Å². The van der Waals surface area contributed by atoms with E-state index in [9.17, 15) is 13.2 Å². The molecule has 0 amide bonds. The topological polar surface area (TPSA) is 12.0 Å². The van der Waals surface area contributed by atoms with Crippen molar-refractivity contribution in [2.75, 3.05) is 5.32 Å². The third kappa shape index (κ3) is 3.22. The molecule has 2 aromatic rings. The van der Waals surface area contributed by atoms with Crippen molar-refractivity contribution < 1.29 is 13.2 Å². The zero-order valence-electron chi connectivity index (χ0n) is 10.0. The van der Waals surface area contributed by atoms with Crippen LogP contribution in [-0.4, -0.2) is 0 Å². The molecular weight excluding hydrogens is 295 g/mol. The summed E-state index contributed by atoms with van der Waals surface area (Å²) in [7, 11) is 0. The molecule has 1 heterocycles. The van der Waals surface area contributed by atoms with Gasteiger partial charge in [0.25, 0.3) is 0 Å². The Balaban J connectivity index is 2.27. The number of thiophene rings is 1. The molecule has 1 nitrogen and oxygen atoms in total. The average Bonchev–Trinajstić information content (AvgIpc) is 2.72.